The van der Waals surface area contributed by atoms with Crippen molar-refractivity contribution in [2.75, 3.05) is 14.2 Å². The van der Waals surface area contributed by atoms with Gasteiger partial charge in [-0.1, -0.05) is 35.2 Å². The molecule has 1 aromatic rings. The van der Waals surface area contributed by atoms with E-state index in [4.69, 9.17) is 4.74 Å². The Balaban J connectivity index is 2.18. The molecule has 1 fully saturated rings. The van der Waals surface area contributed by atoms with Gasteiger partial charge in [0.2, 0.25) is 0 Å². The van der Waals surface area contributed by atoms with Crippen LogP contribution in [-0.2, 0) is 11.2 Å². The van der Waals surface area contributed by atoms with E-state index in [1.54, 1.807) is 13.2 Å². The Labute approximate surface area is 129 Å². The summed E-state index contributed by atoms with van der Waals surface area (Å²) in [6, 6.07) is 5.30. The number of likely N-dealkylation sites (N-methyl/N-ethyl adjacent to an activating group) is 1. The highest BCUT2D eigenvalue weighted by Crippen LogP contribution is 2.35. The average Bonchev–Trinajstić information content (AvgIpc) is 2.44. The molecule has 0 radical (unpaired) electrons. The molecule has 1 aliphatic rings. The molecule has 0 amide bonds. The molecule has 1 N–H and O–H groups in total. The van der Waals surface area contributed by atoms with Gasteiger partial charge < -0.3 is 10.1 Å². The fraction of sp³-hybridized carbons (Fsp3) is 0.625. The molecule has 0 saturated heterocycles. The highest BCUT2D eigenvalue weighted by atomic mass is 79.9. The monoisotopic (exact) mass is 343 g/mol. The molecule has 4 heteroatoms. The Bertz CT molecular complexity index is 426. The molecule has 0 bridgehead atoms. The third kappa shape index (κ3) is 3.60. The lowest BCUT2D eigenvalue weighted by molar-refractivity contribution is -0.0657. The van der Waals surface area contributed by atoms with Crippen molar-refractivity contribution in [1.29, 1.82) is 0 Å². The van der Waals surface area contributed by atoms with Gasteiger partial charge in [0.05, 0.1) is 5.60 Å². The van der Waals surface area contributed by atoms with Crippen LogP contribution in [0.25, 0.3) is 0 Å². The van der Waals surface area contributed by atoms with Crippen molar-refractivity contribution < 1.29 is 9.13 Å². The standard InChI is InChI=1S/C16H23BrFNO/c1-19-15(16(20-2)6-4-3-5-7-16)10-12-8-13(17)11-14(18)9-12/h8-9,11,15,19H,3-7,10H2,1-2H3. The second-order valence-corrected chi connectivity index (χ2v) is 6.57. The average molecular weight is 344 g/mol. The van der Waals surface area contributed by atoms with E-state index in [2.05, 4.69) is 21.2 Å². The van der Waals surface area contributed by atoms with E-state index in [0.717, 1.165) is 29.3 Å². The molecule has 0 aromatic heterocycles. The van der Waals surface area contributed by atoms with Crippen molar-refractivity contribution in [1.82, 2.24) is 5.32 Å². The molecule has 1 saturated carbocycles. The van der Waals surface area contributed by atoms with E-state index in [-0.39, 0.29) is 17.5 Å². The van der Waals surface area contributed by atoms with E-state index in [1.807, 2.05) is 13.1 Å². The van der Waals surface area contributed by atoms with E-state index in [9.17, 15) is 4.39 Å². The highest BCUT2D eigenvalue weighted by molar-refractivity contribution is 9.10. The summed E-state index contributed by atoms with van der Waals surface area (Å²) in [6.45, 7) is 0. The first-order valence-electron chi connectivity index (χ1n) is 7.27. The second-order valence-electron chi connectivity index (χ2n) is 5.65. The summed E-state index contributed by atoms with van der Waals surface area (Å²) in [4.78, 5) is 0. The van der Waals surface area contributed by atoms with Crippen molar-refractivity contribution in [2.24, 2.45) is 0 Å². The Morgan fingerprint density at radius 3 is 2.55 bits per heavy atom. The molecule has 1 unspecified atom stereocenters. The summed E-state index contributed by atoms with van der Waals surface area (Å²) in [6.07, 6.45) is 6.63. The van der Waals surface area contributed by atoms with Gasteiger partial charge in [-0.05, 0) is 50.1 Å². The molecule has 2 nitrogen and oxygen atoms in total. The van der Waals surface area contributed by atoms with E-state index in [0.29, 0.717) is 0 Å². The van der Waals surface area contributed by atoms with Crippen LogP contribution >= 0.6 is 15.9 Å². The molecule has 1 aromatic carbocycles. The third-order valence-corrected chi connectivity index (χ3v) is 4.91. The topological polar surface area (TPSA) is 21.3 Å². The van der Waals surface area contributed by atoms with Crippen LogP contribution < -0.4 is 5.32 Å². The Morgan fingerprint density at radius 2 is 2.00 bits per heavy atom. The molecule has 112 valence electrons. The first-order chi connectivity index (χ1) is 9.59. The van der Waals surface area contributed by atoms with Crippen LogP contribution in [-0.4, -0.2) is 25.8 Å². The maximum atomic E-state index is 13.5. The van der Waals surface area contributed by atoms with Crippen LogP contribution in [0.5, 0.6) is 0 Å². The maximum absolute atomic E-state index is 13.5. The van der Waals surface area contributed by atoms with E-state index >= 15 is 0 Å². The lowest BCUT2D eigenvalue weighted by atomic mass is 9.77. The van der Waals surface area contributed by atoms with Crippen molar-refractivity contribution >= 4 is 15.9 Å². The number of rotatable bonds is 5. The van der Waals surface area contributed by atoms with Crippen LogP contribution in [0.3, 0.4) is 0 Å². The lowest BCUT2D eigenvalue weighted by Crippen LogP contribution is -2.53. The number of hydrogen-bond donors (Lipinski definition) is 1. The second kappa shape index (κ2) is 7.01. The zero-order chi connectivity index (χ0) is 14.6. The fourth-order valence-corrected chi connectivity index (χ4v) is 3.87. The third-order valence-electron chi connectivity index (χ3n) is 4.45. The number of benzene rings is 1. The molecule has 1 aliphatic carbocycles. The van der Waals surface area contributed by atoms with Gasteiger partial charge in [-0.2, -0.15) is 0 Å². The summed E-state index contributed by atoms with van der Waals surface area (Å²) < 4.78 is 20.2. The van der Waals surface area contributed by atoms with Crippen LogP contribution in [0.2, 0.25) is 0 Å². The summed E-state index contributed by atoms with van der Waals surface area (Å²) in [7, 11) is 3.77. The number of ether oxygens (including phenoxy) is 1. The fourth-order valence-electron chi connectivity index (χ4n) is 3.36. The van der Waals surface area contributed by atoms with Crippen molar-refractivity contribution in [3.63, 3.8) is 0 Å². The largest absolute Gasteiger partial charge is 0.377 e. The highest BCUT2D eigenvalue weighted by Gasteiger charge is 2.39. The van der Waals surface area contributed by atoms with Gasteiger partial charge in [-0.15, -0.1) is 0 Å². The summed E-state index contributed by atoms with van der Waals surface area (Å²) in [5.41, 5.74) is 0.879. The molecule has 1 atom stereocenters. The smallest absolute Gasteiger partial charge is 0.124 e. The zero-order valence-corrected chi connectivity index (χ0v) is 13.8. The van der Waals surface area contributed by atoms with Gasteiger partial charge in [-0.3, -0.25) is 0 Å². The molecule has 0 heterocycles. The molecule has 2 rings (SSSR count). The van der Waals surface area contributed by atoms with Gasteiger partial charge in [0, 0.05) is 17.6 Å². The summed E-state index contributed by atoms with van der Waals surface area (Å²) in [5.74, 6) is -0.195. The molecular formula is C16H23BrFNO. The normalized spacial score (nSPS) is 19.8. The van der Waals surface area contributed by atoms with Crippen LogP contribution in [0.15, 0.2) is 22.7 Å². The van der Waals surface area contributed by atoms with Gasteiger partial charge in [0.15, 0.2) is 0 Å². The van der Waals surface area contributed by atoms with Crippen LogP contribution in [0, 0.1) is 5.82 Å². The maximum Gasteiger partial charge on any atom is 0.124 e. The predicted molar refractivity (Wildman–Crippen MR) is 83.5 cm³/mol. The summed E-state index contributed by atoms with van der Waals surface area (Å²) in [5, 5.41) is 3.39. The van der Waals surface area contributed by atoms with Gasteiger partial charge in [0.25, 0.3) is 0 Å². The Hall–Kier alpha value is -0.450. The SMILES string of the molecule is CNC(Cc1cc(F)cc(Br)c1)C1(OC)CCCCC1. The first-order valence-corrected chi connectivity index (χ1v) is 8.06. The quantitative estimate of drug-likeness (QED) is 0.870. The minimum atomic E-state index is -0.195. The molecule has 0 aliphatic heterocycles. The molecule has 20 heavy (non-hydrogen) atoms. The van der Waals surface area contributed by atoms with Crippen LogP contribution in [0.4, 0.5) is 4.39 Å². The molecule has 0 spiro atoms. The number of nitrogens with one attached hydrogen (secondary N) is 1. The minimum Gasteiger partial charge on any atom is -0.377 e. The minimum absolute atomic E-state index is 0.119. The Morgan fingerprint density at radius 1 is 1.30 bits per heavy atom. The number of halogens is 2. The van der Waals surface area contributed by atoms with Gasteiger partial charge >= 0.3 is 0 Å². The van der Waals surface area contributed by atoms with E-state index < -0.39 is 0 Å². The summed E-state index contributed by atoms with van der Waals surface area (Å²) >= 11 is 3.36. The van der Waals surface area contributed by atoms with Gasteiger partial charge in [0.1, 0.15) is 5.82 Å². The van der Waals surface area contributed by atoms with Gasteiger partial charge in [-0.25, -0.2) is 4.39 Å². The predicted octanol–water partition coefficient (Wildman–Crippen LogP) is 4.07. The zero-order valence-electron chi connectivity index (χ0n) is 12.2. The van der Waals surface area contributed by atoms with E-state index in [1.165, 1.54) is 25.3 Å². The van der Waals surface area contributed by atoms with Crippen LogP contribution in [0.1, 0.15) is 37.7 Å². The van der Waals surface area contributed by atoms with Crippen molar-refractivity contribution in [3.05, 3.63) is 34.1 Å². The number of hydrogen-bond acceptors (Lipinski definition) is 2. The first kappa shape index (κ1) is 15.9. The van der Waals surface area contributed by atoms with Crippen molar-refractivity contribution in [2.45, 2.75) is 50.2 Å². The number of methoxy groups -OCH3 is 1. The lowest BCUT2D eigenvalue weighted by Gasteiger charge is -2.42. The Kier molecular flexibility index (Phi) is 5.58. The van der Waals surface area contributed by atoms with Crippen molar-refractivity contribution in [3.8, 4) is 0 Å². The molecular weight excluding hydrogens is 321 g/mol.